The van der Waals surface area contributed by atoms with Crippen LogP contribution in [0.15, 0.2) is 24.7 Å². The molecule has 2 aliphatic heterocycles. The highest BCUT2D eigenvalue weighted by Crippen LogP contribution is 2.26. The molecular weight excluding hydrogens is 288 g/mol. The topological polar surface area (TPSA) is 49.6 Å². The Labute approximate surface area is 127 Å². The number of aromatic nitrogens is 2. The minimum absolute atomic E-state index is 0.103. The summed E-state index contributed by atoms with van der Waals surface area (Å²) in [7, 11) is 0. The van der Waals surface area contributed by atoms with Gasteiger partial charge in [0.05, 0.1) is 16.7 Å². The second-order valence-corrected chi connectivity index (χ2v) is 6.46. The third-order valence-corrected chi connectivity index (χ3v) is 4.85. The van der Waals surface area contributed by atoms with Gasteiger partial charge in [0.2, 0.25) is 0 Å². The van der Waals surface area contributed by atoms with E-state index in [4.69, 9.17) is 11.6 Å². The molecule has 5 nitrogen and oxygen atoms in total. The number of halogens is 1. The zero-order chi connectivity index (χ0) is 14.4. The van der Waals surface area contributed by atoms with Gasteiger partial charge in [-0.2, -0.15) is 0 Å². The van der Waals surface area contributed by atoms with Gasteiger partial charge in [0.15, 0.2) is 0 Å². The van der Waals surface area contributed by atoms with Crippen molar-refractivity contribution in [1.29, 1.82) is 0 Å². The zero-order valence-electron chi connectivity index (χ0n) is 11.6. The van der Waals surface area contributed by atoms with Crippen molar-refractivity contribution >= 4 is 23.0 Å². The lowest BCUT2D eigenvalue weighted by molar-refractivity contribution is 0.0904. The molecule has 2 saturated heterocycles. The smallest absolute Gasteiger partial charge is 0.271 e. The second-order valence-electron chi connectivity index (χ2n) is 6.05. The Bertz CT molecular complexity index is 686. The summed E-state index contributed by atoms with van der Waals surface area (Å²) in [5, 5.41) is 3.76. The molecule has 4 heterocycles. The molecule has 4 rings (SSSR count). The maximum Gasteiger partial charge on any atom is 0.271 e. The van der Waals surface area contributed by atoms with E-state index in [-0.39, 0.29) is 11.9 Å². The number of carbonyl (C=O) groups excluding carboxylic acids is 1. The van der Waals surface area contributed by atoms with Gasteiger partial charge in [-0.15, -0.1) is 0 Å². The predicted octanol–water partition coefficient (Wildman–Crippen LogP) is 1.81. The number of piperidine rings is 1. The molecule has 2 aliphatic rings. The first-order chi connectivity index (χ1) is 10.2. The van der Waals surface area contributed by atoms with Crippen LogP contribution in [0, 0.1) is 5.92 Å². The average Bonchev–Trinajstić information content (AvgIpc) is 3.02. The number of hydrogen-bond acceptors (Lipinski definition) is 3. The SMILES string of the molecule is O=C(N[C@@H]1C[C@@H]2CCN(C2)C1)c1cn2ccc(Cl)c2cn1. The number of nitrogens with one attached hydrogen (secondary N) is 1. The van der Waals surface area contributed by atoms with E-state index >= 15 is 0 Å². The molecule has 1 unspecified atom stereocenters. The van der Waals surface area contributed by atoms with Crippen LogP contribution in [0.5, 0.6) is 0 Å². The average molecular weight is 305 g/mol. The molecule has 2 fully saturated rings. The Morgan fingerprint density at radius 2 is 2.33 bits per heavy atom. The number of rotatable bonds is 2. The van der Waals surface area contributed by atoms with Gasteiger partial charge in [-0.3, -0.25) is 4.79 Å². The fraction of sp³-hybridized carbons (Fsp3) is 0.467. The molecule has 2 aromatic heterocycles. The van der Waals surface area contributed by atoms with E-state index in [1.807, 2.05) is 10.6 Å². The van der Waals surface area contributed by atoms with Crippen LogP contribution in [0.2, 0.25) is 5.02 Å². The molecule has 6 heteroatoms. The fourth-order valence-electron chi connectivity index (χ4n) is 3.51. The third kappa shape index (κ3) is 2.40. The largest absolute Gasteiger partial charge is 0.347 e. The first-order valence-electron chi connectivity index (χ1n) is 7.34. The number of hydrogen-bond donors (Lipinski definition) is 1. The molecular formula is C15H17ClN4O. The van der Waals surface area contributed by atoms with Gasteiger partial charge < -0.3 is 14.6 Å². The standard InChI is InChI=1S/C15H17ClN4O/c16-12-2-4-20-9-13(17-6-14(12)20)15(21)18-11-5-10-1-3-19(7-10)8-11/h2,4,6,9-11H,1,3,5,7-8H2,(H,18,21)/t10-,11+/m0/s1. The molecule has 2 aromatic rings. The minimum atomic E-state index is -0.103. The zero-order valence-corrected chi connectivity index (χ0v) is 12.4. The summed E-state index contributed by atoms with van der Waals surface area (Å²) in [5.41, 5.74) is 1.25. The van der Waals surface area contributed by atoms with E-state index < -0.39 is 0 Å². The lowest BCUT2D eigenvalue weighted by Gasteiger charge is -2.30. The Balaban J connectivity index is 1.50. The molecule has 1 amide bonds. The summed E-state index contributed by atoms with van der Waals surface area (Å²) < 4.78 is 1.83. The molecule has 0 aliphatic carbocycles. The van der Waals surface area contributed by atoms with Gasteiger partial charge in [0.1, 0.15) is 5.69 Å². The van der Waals surface area contributed by atoms with Crippen LogP contribution in [0.1, 0.15) is 23.3 Å². The van der Waals surface area contributed by atoms with Gasteiger partial charge in [0, 0.05) is 31.5 Å². The van der Waals surface area contributed by atoms with Gasteiger partial charge in [0.25, 0.3) is 5.91 Å². The van der Waals surface area contributed by atoms with Gasteiger partial charge in [-0.05, 0) is 31.4 Å². The number of carbonyl (C=O) groups is 1. The van der Waals surface area contributed by atoms with E-state index in [1.165, 1.54) is 19.5 Å². The van der Waals surface area contributed by atoms with Crippen LogP contribution in [0.4, 0.5) is 0 Å². The number of fused-ring (bicyclic) bond motifs is 3. The Morgan fingerprint density at radius 3 is 3.19 bits per heavy atom. The predicted molar refractivity (Wildman–Crippen MR) is 80.6 cm³/mol. The lowest BCUT2D eigenvalue weighted by atomic mass is 9.97. The van der Waals surface area contributed by atoms with Crippen molar-refractivity contribution in [3.63, 3.8) is 0 Å². The highest BCUT2D eigenvalue weighted by Gasteiger charge is 2.33. The molecule has 2 bridgehead atoms. The van der Waals surface area contributed by atoms with E-state index in [2.05, 4.69) is 15.2 Å². The monoisotopic (exact) mass is 304 g/mol. The van der Waals surface area contributed by atoms with E-state index in [1.54, 1.807) is 18.5 Å². The van der Waals surface area contributed by atoms with Crippen LogP contribution in [-0.4, -0.2) is 45.9 Å². The normalized spacial score (nSPS) is 28.0. The summed E-state index contributed by atoms with van der Waals surface area (Å²) in [6.07, 6.45) is 7.56. The van der Waals surface area contributed by atoms with E-state index in [0.717, 1.165) is 24.4 Å². The number of amides is 1. The first-order valence-corrected chi connectivity index (χ1v) is 7.72. The summed E-state index contributed by atoms with van der Waals surface area (Å²) in [6, 6.07) is 2.04. The molecule has 0 radical (unpaired) electrons. The number of nitrogens with zero attached hydrogens (tertiary/aromatic N) is 3. The molecule has 110 valence electrons. The van der Waals surface area contributed by atoms with Crippen molar-refractivity contribution < 1.29 is 4.79 Å². The maximum absolute atomic E-state index is 12.4. The Kier molecular flexibility index (Phi) is 3.12. The first kappa shape index (κ1) is 13.1. The highest BCUT2D eigenvalue weighted by atomic mass is 35.5. The van der Waals surface area contributed by atoms with Gasteiger partial charge >= 0.3 is 0 Å². The third-order valence-electron chi connectivity index (χ3n) is 4.53. The van der Waals surface area contributed by atoms with Crippen LogP contribution in [-0.2, 0) is 0 Å². The fourth-order valence-corrected chi connectivity index (χ4v) is 3.71. The molecule has 1 N–H and O–H groups in total. The van der Waals surface area contributed by atoms with Crippen LogP contribution < -0.4 is 5.32 Å². The van der Waals surface area contributed by atoms with Crippen LogP contribution >= 0.6 is 11.6 Å². The van der Waals surface area contributed by atoms with Crippen molar-refractivity contribution in [2.75, 3.05) is 19.6 Å². The van der Waals surface area contributed by atoms with Crippen molar-refractivity contribution in [2.24, 2.45) is 5.92 Å². The molecule has 0 saturated carbocycles. The van der Waals surface area contributed by atoms with Crippen LogP contribution in [0.3, 0.4) is 0 Å². The van der Waals surface area contributed by atoms with E-state index in [0.29, 0.717) is 10.7 Å². The molecule has 0 spiro atoms. The van der Waals surface area contributed by atoms with Crippen molar-refractivity contribution in [3.8, 4) is 0 Å². The summed E-state index contributed by atoms with van der Waals surface area (Å²) in [4.78, 5) is 19.0. The summed E-state index contributed by atoms with van der Waals surface area (Å²) in [6.45, 7) is 3.32. The van der Waals surface area contributed by atoms with Gasteiger partial charge in [-0.25, -0.2) is 4.98 Å². The van der Waals surface area contributed by atoms with Crippen molar-refractivity contribution in [3.05, 3.63) is 35.4 Å². The van der Waals surface area contributed by atoms with E-state index in [9.17, 15) is 4.79 Å². The van der Waals surface area contributed by atoms with Gasteiger partial charge in [-0.1, -0.05) is 11.6 Å². The Morgan fingerprint density at radius 1 is 1.43 bits per heavy atom. The Hall–Kier alpha value is -1.59. The molecule has 21 heavy (non-hydrogen) atoms. The maximum atomic E-state index is 12.4. The minimum Gasteiger partial charge on any atom is -0.347 e. The lowest BCUT2D eigenvalue weighted by Crippen LogP contribution is -2.47. The molecule has 0 aromatic carbocycles. The van der Waals surface area contributed by atoms with Crippen molar-refractivity contribution in [2.45, 2.75) is 18.9 Å². The quantitative estimate of drug-likeness (QED) is 0.920. The molecule has 3 atom stereocenters. The summed E-state index contributed by atoms with van der Waals surface area (Å²) >= 11 is 6.03. The van der Waals surface area contributed by atoms with Crippen LogP contribution in [0.25, 0.3) is 5.52 Å². The second kappa shape index (κ2) is 5.00. The van der Waals surface area contributed by atoms with Crippen molar-refractivity contribution in [1.82, 2.24) is 19.6 Å². The summed E-state index contributed by atoms with van der Waals surface area (Å²) in [5.74, 6) is 0.636. The highest BCUT2D eigenvalue weighted by molar-refractivity contribution is 6.33.